The second kappa shape index (κ2) is 11.4. The van der Waals surface area contributed by atoms with E-state index in [2.05, 4.69) is 33.6 Å². The van der Waals surface area contributed by atoms with Crippen molar-refractivity contribution in [3.05, 3.63) is 30.1 Å². The van der Waals surface area contributed by atoms with E-state index in [4.69, 9.17) is 0 Å². The second-order valence-electron chi connectivity index (χ2n) is 6.34. The largest absolute Gasteiger partial charge is 0.357 e. The summed E-state index contributed by atoms with van der Waals surface area (Å²) in [5, 5.41) is 6.63. The SMILES string of the molecule is CCNC(=NCCCN1CCCCCC1=O)NCCc1cccnc1. The molecule has 1 aliphatic heterocycles. The lowest BCUT2D eigenvalue weighted by Gasteiger charge is -2.20. The number of nitrogens with one attached hydrogen (secondary N) is 2. The van der Waals surface area contributed by atoms with E-state index in [9.17, 15) is 4.79 Å². The average Bonchev–Trinajstić information content (AvgIpc) is 2.84. The van der Waals surface area contributed by atoms with Crippen LogP contribution in [-0.2, 0) is 11.2 Å². The lowest BCUT2D eigenvalue weighted by Crippen LogP contribution is -2.38. The van der Waals surface area contributed by atoms with Crippen LogP contribution in [0.4, 0.5) is 0 Å². The lowest BCUT2D eigenvalue weighted by molar-refractivity contribution is -0.130. The Morgan fingerprint density at radius 2 is 2.24 bits per heavy atom. The van der Waals surface area contributed by atoms with E-state index >= 15 is 0 Å². The minimum atomic E-state index is 0.308. The monoisotopic (exact) mass is 345 g/mol. The van der Waals surface area contributed by atoms with Crippen molar-refractivity contribution in [3.8, 4) is 0 Å². The standard InChI is InChI=1S/C19H31N5O/c1-2-21-19(23-13-10-17-8-6-11-20-16-17)22-12-7-15-24-14-5-3-4-9-18(24)25/h6,8,11,16H,2-5,7,9-10,12-15H2,1H3,(H2,21,22,23). The van der Waals surface area contributed by atoms with E-state index in [-0.39, 0.29) is 0 Å². The Morgan fingerprint density at radius 1 is 1.32 bits per heavy atom. The van der Waals surface area contributed by atoms with Gasteiger partial charge < -0.3 is 15.5 Å². The molecule has 0 atom stereocenters. The number of pyridine rings is 1. The van der Waals surface area contributed by atoms with E-state index in [1.165, 1.54) is 12.0 Å². The van der Waals surface area contributed by atoms with Crippen LogP contribution in [0.15, 0.2) is 29.5 Å². The molecule has 0 aliphatic carbocycles. The summed E-state index contributed by atoms with van der Waals surface area (Å²) in [6.07, 6.45) is 9.56. The van der Waals surface area contributed by atoms with Gasteiger partial charge in [-0.15, -0.1) is 0 Å². The summed E-state index contributed by atoms with van der Waals surface area (Å²) in [7, 11) is 0. The van der Waals surface area contributed by atoms with E-state index in [0.29, 0.717) is 12.3 Å². The van der Waals surface area contributed by atoms with Gasteiger partial charge in [-0.2, -0.15) is 0 Å². The number of hydrogen-bond donors (Lipinski definition) is 2. The predicted octanol–water partition coefficient (Wildman–Crippen LogP) is 1.97. The second-order valence-corrected chi connectivity index (χ2v) is 6.34. The molecule has 1 amide bonds. The Bertz CT molecular complexity index is 532. The molecule has 1 aromatic rings. The van der Waals surface area contributed by atoms with Gasteiger partial charge in [-0.3, -0.25) is 14.8 Å². The van der Waals surface area contributed by atoms with Crippen molar-refractivity contribution in [1.82, 2.24) is 20.5 Å². The summed E-state index contributed by atoms with van der Waals surface area (Å²) in [4.78, 5) is 22.7. The molecule has 1 aromatic heterocycles. The third-order valence-corrected chi connectivity index (χ3v) is 4.30. The summed E-state index contributed by atoms with van der Waals surface area (Å²) in [6, 6.07) is 4.04. The van der Waals surface area contributed by atoms with Crippen LogP contribution in [0.1, 0.15) is 44.6 Å². The first kappa shape index (κ1) is 19.2. The van der Waals surface area contributed by atoms with Crippen molar-refractivity contribution in [3.63, 3.8) is 0 Å². The van der Waals surface area contributed by atoms with Gasteiger partial charge in [-0.25, -0.2) is 0 Å². The maximum Gasteiger partial charge on any atom is 0.222 e. The summed E-state index contributed by atoms with van der Waals surface area (Å²) in [6.45, 7) is 6.18. The van der Waals surface area contributed by atoms with E-state index in [0.717, 1.165) is 64.4 Å². The Labute approximate surface area is 151 Å². The molecule has 1 fully saturated rings. The van der Waals surface area contributed by atoms with E-state index < -0.39 is 0 Å². The lowest BCUT2D eigenvalue weighted by atomic mass is 10.2. The Kier molecular flexibility index (Phi) is 8.80. The molecule has 138 valence electrons. The third kappa shape index (κ3) is 7.54. The Morgan fingerprint density at radius 3 is 3.04 bits per heavy atom. The number of hydrogen-bond acceptors (Lipinski definition) is 3. The van der Waals surface area contributed by atoms with Crippen LogP contribution in [-0.4, -0.2) is 54.5 Å². The number of guanidine groups is 1. The molecule has 2 rings (SSSR count). The number of likely N-dealkylation sites (tertiary alicyclic amines) is 1. The first-order valence-electron chi connectivity index (χ1n) is 9.48. The molecular formula is C19H31N5O. The summed E-state index contributed by atoms with van der Waals surface area (Å²) in [5.41, 5.74) is 1.21. The highest BCUT2D eigenvalue weighted by atomic mass is 16.2. The van der Waals surface area contributed by atoms with Crippen molar-refractivity contribution in [2.45, 2.75) is 45.4 Å². The van der Waals surface area contributed by atoms with Gasteiger partial charge in [0.15, 0.2) is 5.96 Å². The molecule has 2 N–H and O–H groups in total. The van der Waals surface area contributed by atoms with Crippen LogP contribution >= 0.6 is 0 Å². The van der Waals surface area contributed by atoms with Crippen LogP contribution in [0.2, 0.25) is 0 Å². The van der Waals surface area contributed by atoms with Crippen LogP contribution in [0, 0.1) is 0 Å². The van der Waals surface area contributed by atoms with Crippen LogP contribution in [0.5, 0.6) is 0 Å². The van der Waals surface area contributed by atoms with Crippen molar-refractivity contribution in [2.75, 3.05) is 32.7 Å². The smallest absolute Gasteiger partial charge is 0.222 e. The fourth-order valence-electron chi connectivity index (χ4n) is 2.94. The molecular weight excluding hydrogens is 314 g/mol. The predicted molar refractivity (Wildman–Crippen MR) is 102 cm³/mol. The Hall–Kier alpha value is -2.11. The normalized spacial score (nSPS) is 15.8. The molecule has 0 spiro atoms. The number of rotatable bonds is 8. The summed E-state index contributed by atoms with van der Waals surface area (Å²) in [5.74, 6) is 1.15. The summed E-state index contributed by atoms with van der Waals surface area (Å²) < 4.78 is 0. The maximum absolute atomic E-state index is 12.0. The van der Waals surface area contributed by atoms with E-state index in [1.54, 1.807) is 6.20 Å². The van der Waals surface area contributed by atoms with Crippen LogP contribution < -0.4 is 10.6 Å². The van der Waals surface area contributed by atoms with E-state index in [1.807, 2.05) is 17.2 Å². The molecule has 0 aromatic carbocycles. The minimum Gasteiger partial charge on any atom is -0.357 e. The zero-order valence-electron chi connectivity index (χ0n) is 15.3. The number of carbonyl (C=O) groups is 1. The fraction of sp³-hybridized carbons (Fsp3) is 0.632. The topological polar surface area (TPSA) is 69.6 Å². The zero-order valence-corrected chi connectivity index (χ0v) is 15.3. The zero-order chi connectivity index (χ0) is 17.7. The number of aliphatic imine (C=N–C) groups is 1. The molecule has 0 bridgehead atoms. The maximum atomic E-state index is 12.0. The summed E-state index contributed by atoms with van der Waals surface area (Å²) >= 11 is 0. The van der Waals surface area contributed by atoms with Gasteiger partial charge in [0.05, 0.1) is 0 Å². The molecule has 0 radical (unpaired) electrons. The van der Waals surface area contributed by atoms with Gasteiger partial charge in [0.2, 0.25) is 5.91 Å². The average molecular weight is 345 g/mol. The molecule has 0 unspecified atom stereocenters. The third-order valence-electron chi connectivity index (χ3n) is 4.30. The number of aromatic nitrogens is 1. The Balaban J connectivity index is 1.70. The molecule has 6 nitrogen and oxygen atoms in total. The van der Waals surface area contributed by atoms with Gasteiger partial charge >= 0.3 is 0 Å². The first-order valence-corrected chi connectivity index (χ1v) is 9.48. The number of carbonyl (C=O) groups excluding carboxylic acids is 1. The number of amides is 1. The minimum absolute atomic E-state index is 0.308. The van der Waals surface area contributed by atoms with Crippen molar-refractivity contribution in [2.24, 2.45) is 4.99 Å². The van der Waals surface area contributed by atoms with Crippen LogP contribution in [0.25, 0.3) is 0 Å². The highest BCUT2D eigenvalue weighted by Crippen LogP contribution is 2.11. The first-order chi connectivity index (χ1) is 12.3. The van der Waals surface area contributed by atoms with Crippen molar-refractivity contribution < 1.29 is 4.79 Å². The highest BCUT2D eigenvalue weighted by molar-refractivity contribution is 5.79. The molecule has 2 heterocycles. The van der Waals surface area contributed by atoms with Gasteiger partial charge in [0.25, 0.3) is 0 Å². The number of nitrogens with zero attached hydrogens (tertiary/aromatic N) is 3. The molecule has 0 saturated carbocycles. The fourth-order valence-corrected chi connectivity index (χ4v) is 2.94. The van der Waals surface area contributed by atoms with Gasteiger partial charge in [-0.05, 0) is 44.2 Å². The van der Waals surface area contributed by atoms with Crippen LogP contribution in [0.3, 0.4) is 0 Å². The van der Waals surface area contributed by atoms with Crippen molar-refractivity contribution >= 4 is 11.9 Å². The quantitative estimate of drug-likeness (QED) is 0.429. The van der Waals surface area contributed by atoms with Gasteiger partial charge in [0, 0.05) is 51.5 Å². The highest BCUT2D eigenvalue weighted by Gasteiger charge is 2.15. The van der Waals surface area contributed by atoms with Crippen molar-refractivity contribution in [1.29, 1.82) is 0 Å². The van der Waals surface area contributed by atoms with Gasteiger partial charge in [0.1, 0.15) is 0 Å². The molecule has 6 heteroatoms. The molecule has 1 aliphatic rings. The molecule has 1 saturated heterocycles. The van der Waals surface area contributed by atoms with Gasteiger partial charge in [-0.1, -0.05) is 12.5 Å². The molecule has 25 heavy (non-hydrogen) atoms.